The van der Waals surface area contributed by atoms with Crippen molar-refractivity contribution in [2.45, 2.75) is 13.5 Å². The smallest absolute Gasteiger partial charge is 0.119 e. The van der Waals surface area contributed by atoms with E-state index in [1.807, 2.05) is 19.1 Å². The van der Waals surface area contributed by atoms with Gasteiger partial charge in [0.2, 0.25) is 0 Å². The molecule has 0 aliphatic carbocycles. The average molecular weight is 280 g/mol. The Kier molecular flexibility index (Phi) is 4.82. The molecule has 0 saturated heterocycles. The van der Waals surface area contributed by atoms with Crippen LogP contribution in [0.1, 0.15) is 12.5 Å². The fraction of sp³-hybridized carbons (Fsp3) is 0.357. The Hall–Kier alpha value is -1.52. The highest BCUT2D eigenvalue weighted by Gasteiger charge is 2.13. The summed E-state index contributed by atoms with van der Waals surface area (Å²) >= 11 is 6.46. The average Bonchev–Trinajstić information content (AvgIpc) is 2.70. The summed E-state index contributed by atoms with van der Waals surface area (Å²) in [5, 5.41) is 5.85. The van der Waals surface area contributed by atoms with Crippen LogP contribution in [0.3, 0.4) is 0 Å². The van der Waals surface area contributed by atoms with E-state index in [2.05, 4.69) is 27.2 Å². The predicted octanol–water partition coefficient (Wildman–Crippen LogP) is 2.88. The molecule has 0 aliphatic rings. The molecule has 2 aromatic rings. The van der Waals surface area contributed by atoms with Crippen LogP contribution in [-0.2, 0) is 11.3 Å². The first-order valence-electron chi connectivity index (χ1n) is 6.33. The maximum Gasteiger partial charge on any atom is 0.119 e. The van der Waals surface area contributed by atoms with Crippen LogP contribution in [0.5, 0.6) is 0 Å². The number of aromatic nitrogens is 1. The second-order valence-electron chi connectivity index (χ2n) is 4.05. The third-order valence-corrected chi connectivity index (χ3v) is 3.34. The summed E-state index contributed by atoms with van der Waals surface area (Å²) in [7, 11) is 1.76. The number of fused-ring (bicyclic) bond motifs is 1. The Morgan fingerprint density at radius 1 is 1.42 bits per heavy atom. The van der Waals surface area contributed by atoms with Gasteiger partial charge in [-0.05, 0) is 13.0 Å². The van der Waals surface area contributed by atoms with Crippen molar-refractivity contribution in [3.63, 3.8) is 0 Å². The number of hydrogen-bond donors (Lipinski definition) is 1. The summed E-state index contributed by atoms with van der Waals surface area (Å²) in [6.07, 6.45) is 1.75. The third-order valence-electron chi connectivity index (χ3n) is 2.93. The lowest BCUT2D eigenvalue weighted by atomic mass is 10.2. The molecular formula is C14H18ClN3O. The summed E-state index contributed by atoms with van der Waals surface area (Å²) in [5.41, 5.74) is 4.78. The van der Waals surface area contributed by atoms with Gasteiger partial charge in [-0.3, -0.25) is 0 Å². The zero-order valence-corrected chi connectivity index (χ0v) is 11.9. The van der Waals surface area contributed by atoms with Crippen molar-refractivity contribution in [3.05, 3.63) is 35.0 Å². The van der Waals surface area contributed by atoms with Crippen molar-refractivity contribution >= 4 is 28.7 Å². The van der Waals surface area contributed by atoms with Gasteiger partial charge in [0, 0.05) is 36.7 Å². The van der Waals surface area contributed by atoms with E-state index < -0.39 is 0 Å². The Bertz CT molecular complexity index is 577. The fourth-order valence-electron chi connectivity index (χ4n) is 2.07. The van der Waals surface area contributed by atoms with Gasteiger partial charge in [0.25, 0.3) is 0 Å². The van der Waals surface area contributed by atoms with Crippen LogP contribution >= 0.6 is 11.6 Å². The molecule has 0 radical (unpaired) electrons. The molecule has 0 unspecified atom stereocenters. The van der Waals surface area contributed by atoms with E-state index >= 15 is 0 Å². The summed E-state index contributed by atoms with van der Waals surface area (Å²) in [5.74, 6) is 0. The number of hydrogen-bond acceptors (Lipinski definition) is 3. The zero-order valence-electron chi connectivity index (χ0n) is 11.2. The van der Waals surface area contributed by atoms with Crippen LogP contribution in [-0.4, -0.2) is 31.0 Å². The van der Waals surface area contributed by atoms with Crippen LogP contribution in [0.15, 0.2) is 29.4 Å². The van der Waals surface area contributed by atoms with Gasteiger partial charge >= 0.3 is 0 Å². The highest BCUT2D eigenvalue weighted by Crippen LogP contribution is 2.28. The van der Waals surface area contributed by atoms with Gasteiger partial charge < -0.3 is 14.7 Å². The number of ether oxygens (including phenoxy) is 1. The Morgan fingerprint density at radius 2 is 2.21 bits per heavy atom. The molecule has 4 nitrogen and oxygen atoms in total. The molecule has 0 saturated carbocycles. The molecule has 0 bridgehead atoms. The fourth-order valence-corrected chi connectivity index (χ4v) is 2.40. The number of nitrogens with one attached hydrogen (secondary N) is 1. The van der Waals surface area contributed by atoms with Crippen LogP contribution < -0.4 is 5.43 Å². The molecular weight excluding hydrogens is 262 g/mol. The first kappa shape index (κ1) is 13.9. The topological polar surface area (TPSA) is 38.5 Å². The van der Waals surface area contributed by atoms with Crippen LogP contribution in [0.4, 0.5) is 0 Å². The summed E-state index contributed by atoms with van der Waals surface area (Å²) in [4.78, 5) is 0. The highest BCUT2D eigenvalue weighted by atomic mass is 35.5. The van der Waals surface area contributed by atoms with Crippen molar-refractivity contribution in [1.29, 1.82) is 0 Å². The summed E-state index contributed by atoms with van der Waals surface area (Å²) in [6, 6.07) is 8.12. The zero-order chi connectivity index (χ0) is 13.7. The number of hydrazone groups is 1. The molecule has 102 valence electrons. The van der Waals surface area contributed by atoms with E-state index in [0.29, 0.717) is 18.4 Å². The summed E-state index contributed by atoms with van der Waals surface area (Å²) < 4.78 is 7.47. The quantitative estimate of drug-likeness (QED) is 0.502. The molecule has 1 N–H and O–H groups in total. The van der Waals surface area contributed by atoms with Gasteiger partial charge in [0.05, 0.1) is 12.8 Å². The van der Waals surface area contributed by atoms with Crippen molar-refractivity contribution in [1.82, 2.24) is 9.99 Å². The Morgan fingerprint density at radius 3 is 2.95 bits per heavy atom. The Labute approximate surface area is 118 Å². The number of para-hydroxylation sites is 1. The lowest BCUT2D eigenvalue weighted by Crippen LogP contribution is -2.06. The molecule has 0 atom stereocenters. The Balaban J connectivity index is 2.44. The van der Waals surface area contributed by atoms with E-state index in [4.69, 9.17) is 16.3 Å². The van der Waals surface area contributed by atoms with Crippen molar-refractivity contribution in [2.75, 3.05) is 20.3 Å². The SMILES string of the molecule is CCOCCn1c(Cl)c(/C=N/NC)c2ccccc21. The van der Waals surface area contributed by atoms with Crippen molar-refractivity contribution < 1.29 is 4.74 Å². The lowest BCUT2D eigenvalue weighted by molar-refractivity contribution is 0.140. The minimum Gasteiger partial charge on any atom is -0.380 e. The third kappa shape index (κ3) is 2.91. The van der Waals surface area contributed by atoms with E-state index in [9.17, 15) is 0 Å². The molecule has 2 rings (SSSR count). The van der Waals surface area contributed by atoms with Gasteiger partial charge in [-0.2, -0.15) is 5.10 Å². The van der Waals surface area contributed by atoms with E-state index in [1.54, 1.807) is 13.3 Å². The van der Waals surface area contributed by atoms with E-state index in [-0.39, 0.29) is 0 Å². The molecule has 0 amide bonds. The first-order valence-corrected chi connectivity index (χ1v) is 6.71. The molecule has 1 heterocycles. The molecule has 1 aromatic heterocycles. The maximum atomic E-state index is 6.46. The standard InChI is InChI=1S/C14H18ClN3O/c1-3-19-9-8-18-13-7-5-4-6-11(13)12(14(18)15)10-17-16-2/h4-7,10,16H,3,8-9H2,1-2H3/b17-10+. The lowest BCUT2D eigenvalue weighted by Gasteiger charge is -2.06. The molecule has 1 aromatic carbocycles. The maximum absolute atomic E-state index is 6.46. The second-order valence-corrected chi connectivity index (χ2v) is 4.41. The van der Waals surface area contributed by atoms with Crippen LogP contribution in [0.2, 0.25) is 5.15 Å². The number of rotatable bonds is 6. The highest BCUT2D eigenvalue weighted by molar-refractivity contribution is 6.34. The normalized spacial score (nSPS) is 11.5. The van der Waals surface area contributed by atoms with Gasteiger partial charge in [-0.15, -0.1) is 0 Å². The minimum atomic E-state index is 0.650. The van der Waals surface area contributed by atoms with Gasteiger partial charge in [0.1, 0.15) is 5.15 Å². The predicted molar refractivity (Wildman–Crippen MR) is 80.1 cm³/mol. The number of nitrogens with zero attached hydrogens (tertiary/aromatic N) is 2. The number of benzene rings is 1. The first-order chi connectivity index (χ1) is 9.29. The molecule has 0 spiro atoms. The van der Waals surface area contributed by atoms with Gasteiger partial charge in [-0.1, -0.05) is 29.8 Å². The van der Waals surface area contributed by atoms with Crippen molar-refractivity contribution in [2.24, 2.45) is 5.10 Å². The van der Waals surface area contributed by atoms with Crippen LogP contribution in [0.25, 0.3) is 10.9 Å². The van der Waals surface area contributed by atoms with Crippen molar-refractivity contribution in [3.8, 4) is 0 Å². The van der Waals surface area contributed by atoms with E-state index in [0.717, 1.165) is 23.0 Å². The number of halogens is 1. The largest absolute Gasteiger partial charge is 0.380 e. The van der Waals surface area contributed by atoms with Crippen LogP contribution in [0, 0.1) is 0 Å². The molecule has 5 heteroatoms. The molecule has 0 aliphatic heterocycles. The molecule has 0 fully saturated rings. The summed E-state index contributed by atoms with van der Waals surface area (Å²) in [6.45, 7) is 4.09. The second kappa shape index (κ2) is 6.59. The minimum absolute atomic E-state index is 0.650. The van der Waals surface area contributed by atoms with Gasteiger partial charge in [-0.25, -0.2) is 0 Å². The van der Waals surface area contributed by atoms with Gasteiger partial charge in [0.15, 0.2) is 0 Å². The molecule has 19 heavy (non-hydrogen) atoms. The van der Waals surface area contributed by atoms with E-state index in [1.165, 1.54) is 0 Å². The monoisotopic (exact) mass is 279 g/mol.